The van der Waals surface area contributed by atoms with E-state index < -0.39 is 6.17 Å². The molecule has 0 aromatic carbocycles. The molecule has 1 N–H and O–H groups in total. The largest absolute Gasteiger partial charge is 0.458 e. The lowest BCUT2D eigenvalue weighted by Crippen LogP contribution is -2.38. The number of carbonyl (C=O) groups excluding carboxylic acids is 1. The van der Waals surface area contributed by atoms with Gasteiger partial charge in [0.15, 0.2) is 17.4 Å². The topological polar surface area (TPSA) is 92.3 Å². The summed E-state index contributed by atoms with van der Waals surface area (Å²) in [6.45, 7) is 8.90. The van der Waals surface area contributed by atoms with Crippen LogP contribution in [0.1, 0.15) is 30.0 Å². The Morgan fingerprint density at radius 2 is 2.00 bits per heavy atom. The molecule has 34 heavy (non-hydrogen) atoms. The number of aromatic nitrogens is 4. The number of halogens is 1. The lowest BCUT2D eigenvalue weighted by molar-refractivity contribution is -0.117. The Morgan fingerprint density at radius 3 is 2.68 bits per heavy atom. The molecule has 0 spiro atoms. The second-order valence-corrected chi connectivity index (χ2v) is 9.29. The molecule has 0 bridgehead atoms. The van der Waals surface area contributed by atoms with E-state index in [1.165, 1.54) is 0 Å². The predicted octanol–water partition coefficient (Wildman–Crippen LogP) is 2.90. The molecule has 9 nitrogen and oxygen atoms in total. The maximum Gasteiger partial charge on any atom is 0.239 e. The first-order chi connectivity index (χ1) is 16.3. The zero-order valence-electron chi connectivity index (χ0n) is 19.8. The summed E-state index contributed by atoms with van der Waals surface area (Å²) in [5, 5.41) is 7.44. The fraction of sp³-hybridized carbons (Fsp3) is 0.500. The van der Waals surface area contributed by atoms with Crippen molar-refractivity contribution in [3.63, 3.8) is 0 Å². The van der Waals surface area contributed by atoms with Crippen molar-refractivity contribution in [1.29, 1.82) is 0 Å². The SMILES string of the molecule is Cc1cc(C)n(-c2cc(NC(=O)CN3CC[C@H](N4CC[C@@H](F)C4)C3)nc(-c3ccc(C)o3)n2)n1. The monoisotopic (exact) mass is 467 g/mol. The van der Waals surface area contributed by atoms with Gasteiger partial charge in [-0.25, -0.2) is 19.0 Å². The van der Waals surface area contributed by atoms with Gasteiger partial charge < -0.3 is 9.73 Å². The highest BCUT2D eigenvalue weighted by Gasteiger charge is 2.33. The quantitative estimate of drug-likeness (QED) is 0.596. The van der Waals surface area contributed by atoms with Crippen molar-refractivity contribution in [2.75, 3.05) is 38.0 Å². The Labute approximate surface area is 198 Å². The minimum absolute atomic E-state index is 0.148. The molecule has 3 aromatic heterocycles. The van der Waals surface area contributed by atoms with Crippen LogP contribution < -0.4 is 5.32 Å². The van der Waals surface area contributed by atoms with Gasteiger partial charge in [-0.1, -0.05) is 0 Å². The molecule has 2 saturated heterocycles. The maximum atomic E-state index is 13.6. The number of likely N-dealkylation sites (tertiary alicyclic amines) is 2. The van der Waals surface area contributed by atoms with Gasteiger partial charge >= 0.3 is 0 Å². The van der Waals surface area contributed by atoms with Crippen molar-refractivity contribution < 1.29 is 13.6 Å². The van der Waals surface area contributed by atoms with Crippen LogP contribution in [-0.4, -0.2) is 80.4 Å². The number of carbonyl (C=O) groups is 1. The van der Waals surface area contributed by atoms with E-state index in [2.05, 4.69) is 30.2 Å². The number of hydrogen-bond acceptors (Lipinski definition) is 7. The molecule has 10 heteroatoms. The smallest absolute Gasteiger partial charge is 0.239 e. The van der Waals surface area contributed by atoms with E-state index in [9.17, 15) is 9.18 Å². The zero-order valence-corrected chi connectivity index (χ0v) is 19.8. The molecule has 2 atom stereocenters. The summed E-state index contributed by atoms with van der Waals surface area (Å²) in [6.07, 6.45) is 0.843. The predicted molar refractivity (Wildman–Crippen MR) is 126 cm³/mol. The minimum Gasteiger partial charge on any atom is -0.458 e. The van der Waals surface area contributed by atoms with Crippen LogP contribution in [-0.2, 0) is 4.79 Å². The van der Waals surface area contributed by atoms with Crippen LogP contribution in [0.25, 0.3) is 17.4 Å². The third-order valence-electron chi connectivity index (χ3n) is 6.46. The van der Waals surface area contributed by atoms with Crippen molar-refractivity contribution in [2.45, 2.75) is 45.8 Å². The van der Waals surface area contributed by atoms with Crippen molar-refractivity contribution in [1.82, 2.24) is 29.5 Å². The van der Waals surface area contributed by atoms with Gasteiger partial charge in [-0.2, -0.15) is 5.10 Å². The standard InChI is InChI=1S/C24H30FN7O2/c1-15-10-16(2)32(29-15)22-11-21(27-24(28-22)20-5-4-17(3)34-20)26-23(33)14-30-8-7-19(13-30)31-9-6-18(25)12-31/h4-5,10-11,18-19H,6-9,12-14H2,1-3H3,(H,26,27,28,33)/t18-,19+/m1/s1. The van der Waals surface area contributed by atoms with Gasteiger partial charge in [0.25, 0.3) is 0 Å². The van der Waals surface area contributed by atoms with E-state index in [4.69, 9.17) is 4.42 Å². The van der Waals surface area contributed by atoms with Gasteiger partial charge in [-0.05, 0) is 51.8 Å². The van der Waals surface area contributed by atoms with Crippen LogP contribution >= 0.6 is 0 Å². The van der Waals surface area contributed by atoms with Gasteiger partial charge in [0.1, 0.15) is 17.7 Å². The van der Waals surface area contributed by atoms with Crippen molar-refractivity contribution in [2.24, 2.45) is 0 Å². The van der Waals surface area contributed by atoms with E-state index in [0.29, 0.717) is 42.2 Å². The number of alkyl halides is 1. The molecule has 0 radical (unpaired) electrons. The molecule has 2 aliphatic heterocycles. The summed E-state index contributed by atoms with van der Waals surface area (Å²) >= 11 is 0. The van der Waals surface area contributed by atoms with Crippen molar-refractivity contribution >= 4 is 11.7 Å². The Hall–Kier alpha value is -3.11. The summed E-state index contributed by atoms with van der Waals surface area (Å²) in [5.41, 5.74) is 1.80. The summed E-state index contributed by atoms with van der Waals surface area (Å²) < 4.78 is 21.0. The average Bonchev–Trinajstić information content (AvgIpc) is 3.56. The molecule has 1 amide bonds. The third-order valence-corrected chi connectivity index (χ3v) is 6.46. The number of anilines is 1. The number of nitrogens with one attached hydrogen (secondary N) is 1. The number of aryl methyl sites for hydroxylation is 3. The molecule has 0 aliphatic carbocycles. The fourth-order valence-electron chi connectivity index (χ4n) is 4.85. The number of furan rings is 1. The van der Waals surface area contributed by atoms with Crippen LogP contribution in [0.4, 0.5) is 10.2 Å². The number of nitrogens with zero attached hydrogens (tertiary/aromatic N) is 6. The average molecular weight is 468 g/mol. The highest BCUT2D eigenvalue weighted by Crippen LogP contribution is 2.24. The Kier molecular flexibility index (Phi) is 6.18. The number of rotatable bonds is 6. The van der Waals surface area contributed by atoms with E-state index in [1.54, 1.807) is 10.7 Å². The normalized spacial score (nSPS) is 21.4. The Balaban J connectivity index is 1.32. The molecule has 0 saturated carbocycles. The summed E-state index contributed by atoms with van der Waals surface area (Å²) in [6, 6.07) is 7.66. The van der Waals surface area contributed by atoms with Gasteiger partial charge in [0.2, 0.25) is 5.91 Å². The van der Waals surface area contributed by atoms with Gasteiger partial charge in [0.05, 0.1) is 12.2 Å². The van der Waals surface area contributed by atoms with Crippen LogP contribution in [0, 0.1) is 20.8 Å². The molecule has 5 heterocycles. The zero-order chi connectivity index (χ0) is 23.8. The molecule has 5 rings (SSSR count). The lowest BCUT2D eigenvalue weighted by atomic mass is 10.2. The first-order valence-corrected chi connectivity index (χ1v) is 11.7. The highest BCUT2D eigenvalue weighted by atomic mass is 19.1. The molecule has 2 aliphatic rings. The van der Waals surface area contributed by atoms with Crippen molar-refractivity contribution in [3.05, 3.63) is 41.4 Å². The maximum absolute atomic E-state index is 13.6. The van der Waals surface area contributed by atoms with E-state index in [-0.39, 0.29) is 12.5 Å². The first kappa shape index (κ1) is 22.7. The van der Waals surface area contributed by atoms with Crippen molar-refractivity contribution in [3.8, 4) is 17.4 Å². The number of hydrogen-bond donors (Lipinski definition) is 1. The summed E-state index contributed by atoms with van der Waals surface area (Å²) in [7, 11) is 0. The van der Waals surface area contributed by atoms with Crippen LogP contribution in [0.5, 0.6) is 0 Å². The summed E-state index contributed by atoms with van der Waals surface area (Å²) in [4.78, 5) is 26.4. The molecular formula is C24H30FN7O2. The molecule has 3 aromatic rings. The van der Waals surface area contributed by atoms with Crippen LogP contribution in [0.3, 0.4) is 0 Å². The van der Waals surface area contributed by atoms with Crippen LogP contribution in [0.15, 0.2) is 28.7 Å². The highest BCUT2D eigenvalue weighted by molar-refractivity contribution is 5.91. The summed E-state index contributed by atoms with van der Waals surface area (Å²) in [5.74, 6) is 2.45. The Morgan fingerprint density at radius 1 is 1.15 bits per heavy atom. The number of amides is 1. The molecule has 0 unspecified atom stereocenters. The Bertz CT molecular complexity index is 1190. The minimum atomic E-state index is -0.723. The van der Waals surface area contributed by atoms with E-state index in [1.807, 2.05) is 39.0 Å². The third kappa shape index (κ3) is 4.88. The second kappa shape index (κ2) is 9.27. The van der Waals surface area contributed by atoms with E-state index >= 15 is 0 Å². The molecule has 180 valence electrons. The van der Waals surface area contributed by atoms with Gasteiger partial charge in [-0.3, -0.25) is 14.6 Å². The van der Waals surface area contributed by atoms with E-state index in [0.717, 1.165) is 43.2 Å². The second-order valence-electron chi connectivity index (χ2n) is 9.29. The van der Waals surface area contributed by atoms with Gasteiger partial charge in [0, 0.05) is 44.0 Å². The molecule has 2 fully saturated rings. The lowest BCUT2D eigenvalue weighted by Gasteiger charge is -2.23. The molecular weight excluding hydrogens is 437 g/mol. The fourth-order valence-corrected chi connectivity index (χ4v) is 4.85. The first-order valence-electron chi connectivity index (χ1n) is 11.7. The van der Waals surface area contributed by atoms with Crippen LogP contribution in [0.2, 0.25) is 0 Å². The van der Waals surface area contributed by atoms with Gasteiger partial charge in [-0.15, -0.1) is 0 Å².